The van der Waals surface area contributed by atoms with Gasteiger partial charge in [0.25, 0.3) is 0 Å². The topological polar surface area (TPSA) is 119 Å². The van der Waals surface area contributed by atoms with Crippen LogP contribution in [-0.2, 0) is 10.0 Å². The molecule has 0 aliphatic heterocycles. The average Bonchev–Trinajstić information content (AvgIpc) is 2.37. The number of halogens is 1. The summed E-state index contributed by atoms with van der Waals surface area (Å²) >= 11 is 5.82. The number of nitrogens with one attached hydrogen (secondary N) is 1. The first-order chi connectivity index (χ1) is 9.01. The molecule has 0 fully saturated rings. The fourth-order valence-electron chi connectivity index (χ4n) is 1.27. The minimum absolute atomic E-state index is 0.0124. The first kappa shape index (κ1) is 15.3. The molecular formula is C10H10ClN5O2S. The molecule has 9 heteroatoms. The third-order valence-electron chi connectivity index (χ3n) is 2.14. The third-order valence-corrected chi connectivity index (χ3v) is 4.08. The van der Waals surface area contributed by atoms with Crippen LogP contribution in [0.25, 0.3) is 10.4 Å². The van der Waals surface area contributed by atoms with Gasteiger partial charge < -0.3 is 0 Å². The number of rotatable bonds is 6. The van der Waals surface area contributed by atoms with Gasteiger partial charge in [0.1, 0.15) is 4.90 Å². The summed E-state index contributed by atoms with van der Waals surface area (Å²) in [6.07, 6.45) is 0.386. The maximum Gasteiger partial charge on any atom is 0.242 e. The van der Waals surface area contributed by atoms with Crippen molar-refractivity contribution in [2.75, 3.05) is 13.1 Å². The van der Waals surface area contributed by atoms with Gasteiger partial charge in [0.2, 0.25) is 10.0 Å². The second kappa shape index (κ2) is 6.97. The molecule has 1 aromatic carbocycles. The van der Waals surface area contributed by atoms with Crippen molar-refractivity contribution in [1.82, 2.24) is 4.72 Å². The van der Waals surface area contributed by atoms with Crippen LogP contribution in [0, 0.1) is 11.3 Å². The van der Waals surface area contributed by atoms with Gasteiger partial charge in [0.05, 0.1) is 16.7 Å². The van der Waals surface area contributed by atoms with Crippen LogP contribution in [-0.4, -0.2) is 21.5 Å². The summed E-state index contributed by atoms with van der Waals surface area (Å²) in [6, 6.07) is 5.80. The van der Waals surface area contributed by atoms with Crippen molar-refractivity contribution in [2.45, 2.75) is 11.3 Å². The van der Waals surface area contributed by atoms with E-state index in [0.29, 0.717) is 6.42 Å². The lowest BCUT2D eigenvalue weighted by atomic mass is 10.2. The fourth-order valence-corrected chi connectivity index (χ4v) is 2.88. The van der Waals surface area contributed by atoms with Crippen molar-refractivity contribution >= 4 is 21.6 Å². The molecule has 0 radical (unpaired) electrons. The summed E-state index contributed by atoms with van der Waals surface area (Å²) in [6.45, 7) is 0.345. The van der Waals surface area contributed by atoms with E-state index in [-0.39, 0.29) is 28.6 Å². The Morgan fingerprint density at radius 2 is 2.26 bits per heavy atom. The van der Waals surface area contributed by atoms with Crippen molar-refractivity contribution in [3.05, 3.63) is 39.2 Å². The van der Waals surface area contributed by atoms with Gasteiger partial charge in [-0.1, -0.05) is 16.7 Å². The highest BCUT2D eigenvalue weighted by Crippen LogP contribution is 2.22. The van der Waals surface area contributed by atoms with Gasteiger partial charge in [0.15, 0.2) is 0 Å². The highest BCUT2D eigenvalue weighted by Gasteiger charge is 2.17. The highest BCUT2D eigenvalue weighted by atomic mass is 35.5. The molecule has 0 aliphatic rings. The third kappa shape index (κ3) is 4.43. The van der Waals surface area contributed by atoms with E-state index in [1.807, 2.05) is 6.07 Å². The predicted octanol–water partition coefficient (Wildman–Crippen LogP) is 2.19. The van der Waals surface area contributed by atoms with Crippen LogP contribution in [0.5, 0.6) is 0 Å². The molecule has 100 valence electrons. The van der Waals surface area contributed by atoms with Crippen molar-refractivity contribution < 1.29 is 8.42 Å². The molecule has 0 amide bonds. The molecule has 0 saturated heterocycles. The SMILES string of the molecule is N#Cc1ccc(S(=O)(=O)NCCCN=[N+]=[N-])c(Cl)c1. The Labute approximate surface area is 115 Å². The monoisotopic (exact) mass is 299 g/mol. The van der Waals surface area contributed by atoms with Crippen molar-refractivity contribution in [3.8, 4) is 6.07 Å². The molecule has 0 spiro atoms. The Morgan fingerprint density at radius 1 is 1.53 bits per heavy atom. The van der Waals surface area contributed by atoms with E-state index < -0.39 is 10.0 Å². The zero-order chi connectivity index (χ0) is 14.3. The molecule has 0 atom stereocenters. The summed E-state index contributed by atoms with van der Waals surface area (Å²) in [5.74, 6) is 0. The first-order valence-electron chi connectivity index (χ1n) is 5.21. The van der Waals surface area contributed by atoms with Crippen LogP contribution in [0.1, 0.15) is 12.0 Å². The van der Waals surface area contributed by atoms with Gasteiger partial charge >= 0.3 is 0 Å². The molecule has 0 heterocycles. The molecule has 0 aliphatic carbocycles. The maximum absolute atomic E-state index is 11.9. The second-order valence-electron chi connectivity index (χ2n) is 3.46. The van der Waals surface area contributed by atoms with Crippen LogP contribution in [0.2, 0.25) is 5.02 Å². The number of hydrogen-bond acceptors (Lipinski definition) is 4. The van der Waals surface area contributed by atoms with Gasteiger partial charge in [-0.3, -0.25) is 0 Å². The molecule has 0 unspecified atom stereocenters. The Morgan fingerprint density at radius 3 is 2.84 bits per heavy atom. The van der Waals surface area contributed by atoms with Gasteiger partial charge in [-0.15, -0.1) is 0 Å². The van der Waals surface area contributed by atoms with E-state index in [1.165, 1.54) is 18.2 Å². The van der Waals surface area contributed by atoms with Crippen LogP contribution >= 0.6 is 11.6 Å². The summed E-state index contributed by atoms with van der Waals surface area (Å²) in [5.41, 5.74) is 8.35. The Bertz CT molecular complexity index is 646. The normalized spacial score (nSPS) is 10.5. The minimum atomic E-state index is -3.73. The van der Waals surface area contributed by atoms with Crippen molar-refractivity contribution in [3.63, 3.8) is 0 Å². The number of azide groups is 1. The molecular weight excluding hydrogens is 290 g/mol. The minimum Gasteiger partial charge on any atom is -0.211 e. The average molecular weight is 300 g/mol. The summed E-state index contributed by atoms with van der Waals surface area (Å²) in [7, 11) is -3.73. The van der Waals surface area contributed by atoms with E-state index >= 15 is 0 Å². The lowest BCUT2D eigenvalue weighted by Crippen LogP contribution is -2.25. The lowest BCUT2D eigenvalue weighted by Gasteiger charge is -2.07. The largest absolute Gasteiger partial charge is 0.242 e. The van der Waals surface area contributed by atoms with Gasteiger partial charge in [-0.2, -0.15) is 5.26 Å². The van der Waals surface area contributed by atoms with E-state index in [0.717, 1.165) is 0 Å². The number of hydrogen-bond donors (Lipinski definition) is 1. The molecule has 0 bridgehead atoms. The quantitative estimate of drug-likeness (QED) is 0.375. The highest BCUT2D eigenvalue weighted by molar-refractivity contribution is 7.89. The Balaban J connectivity index is 2.78. The molecule has 1 N–H and O–H groups in total. The molecule has 19 heavy (non-hydrogen) atoms. The van der Waals surface area contributed by atoms with Crippen molar-refractivity contribution in [2.24, 2.45) is 5.11 Å². The van der Waals surface area contributed by atoms with E-state index in [4.69, 9.17) is 22.4 Å². The van der Waals surface area contributed by atoms with Crippen LogP contribution < -0.4 is 4.72 Å². The molecule has 1 aromatic rings. The maximum atomic E-state index is 11.9. The van der Waals surface area contributed by atoms with Gasteiger partial charge in [0, 0.05) is 18.0 Å². The Hall–Kier alpha value is -1.78. The molecule has 1 rings (SSSR count). The standard InChI is InChI=1S/C10H10ClN5O2S/c11-9-6-8(7-12)2-3-10(9)19(17,18)15-5-1-4-14-16-13/h2-3,6,15H,1,4-5H2. The number of nitriles is 1. The summed E-state index contributed by atoms with van der Waals surface area (Å²) < 4.78 is 26.1. The zero-order valence-electron chi connectivity index (χ0n) is 9.74. The summed E-state index contributed by atoms with van der Waals surface area (Å²) in [5, 5.41) is 11.9. The zero-order valence-corrected chi connectivity index (χ0v) is 11.3. The van der Waals surface area contributed by atoms with Gasteiger partial charge in [-0.05, 0) is 30.2 Å². The van der Waals surface area contributed by atoms with Crippen LogP contribution in [0.4, 0.5) is 0 Å². The van der Waals surface area contributed by atoms with Crippen molar-refractivity contribution in [1.29, 1.82) is 5.26 Å². The smallest absolute Gasteiger partial charge is 0.211 e. The summed E-state index contributed by atoms with van der Waals surface area (Å²) in [4.78, 5) is 2.47. The van der Waals surface area contributed by atoms with E-state index in [1.54, 1.807) is 0 Å². The van der Waals surface area contributed by atoms with Crippen LogP contribution in [0.15, 0.2) is 28.2 Å². The number of nitrogens with zero attached hydrogens (tertiary/aromatic N) is 4. The van der Waals surface area contributed by atoms with E-state index in [9.17, 15) is 8.42 Å². The molecule has 7 nitrogen and oxygen atoms in total. The lowest BCUT2D eigenvalue weighted by molar-refractivity contribution is 0.579. The molecule has 0 saturated carbocycles. The predicted molar refractivity (Wildman–Crippen MR) is 70.0 cm³/mol. The number of benzene rings is 1. The van der Waals surface area contributed by atoms with Gasteiger partial charge in [-0.25, -0.2) is 13.1 Å². The Kier molecular flexibility index (Phi) is 5.60. The first-order valence-corrected chi connectivity index (χ1v) is 7.07. The fraction of sp³-hybridized carbons (Fsp3) is 0.300. The number of sulfonamides is 1. The second-order valence-corrected chi connectivity index (χ2v) is 5.61. The molecule has 0 aromatic heterocycles. The van der Waals surface area contributed by atoms with Crippen LogP contribution in [0.3, 0.4) is 0 Å². The van der Waals surface area contributed by atoms with E-state index in [2.05, 4.69) is 14.7 Å².